The van der Waals surface area contributed by atoms with Crippen molar-refractivity contribution in [1.29, 1.82) is 0 Å². The van der Waals surface area contributed by atoms with E-state index in [0.717, 1.165) is 67.4 Å². The molecule has 2 N–H and O–H groups in total. The standard InChI is InChI=1S/C31H40N2O3Si/c1-6-7-9-25-20-23-21-26(36-2)14-15-27(23)29(33(25)28(34)16-19-37(3,4)5)22-10-12-24(13-11-22)31(30(32)35)17-8-18-31/h10-15,21,25,29H,6-9,17-18,20H2,1-5H3,(H2,32,35)/t25-,29-/m0/s1. The summed E-state index contributed by atoms with van der Waals surface area (Å²) in [6.45, 7) is 8.66. The maximum atomic E-state index is 13.8. The third kappa shape index (κ3) is 5.47. The van der Waals surface area contributed by atoms with Gasteiger partial charge in [-0.05, 0) is 66.0 Å². The number of rotatable bonds is 7. The lowest BCUT2D eigenvalue weighted by atomic mass is 9.64. The van der Waals surface area contributed by atoms with Crippen LogP contribution in [0.5, 0.6) is 5.75 Å². The van der Waals surface area contributed by atoms with E-state index in [2.05, 4.69) is 62.3 Å². The first kappa shape index (κ1) is 27.0. The summed E-state index contributed by atoms with van der Waals surface area (Å²) in [7, 11) is -0.0356. The third-order valence-corrected chi connectivity index (χ3v) is 8.77. The van der Waals surface area contributed by atoms with Crippen LogP contribution in [0.4, 0.5) is 0 Å². The van der Waals surface area contributed by atoms with Gasteiger partial charge in [0.25, 0.3) is 5.91 Å². The zero-order valence-corrected chi connectivity index (χ0v) is 23.9. The molecule has 1 fully saturated rings. The molecule has 2 aromatic rings. The molecule has 2 atom stereocenters. The highest BCUT2D eigenvalue weighted by atomic mass is 28.3. The number of nitrogens with two attached hydrogens (primary N) is 1. The Morgan fingerprint density at radius 3 is 2.38 bits per heavy atom. The number of carbonyl (C=O) groups excluding carboxylic acids is 2. The molecule has 0 unspecified atom stereocenters. The van der Waals surface area contributed by atoms with Crippen molar-refractivity contribution in [2.45, 2.75) is 89.0 Å². The Hall–Kier alpha value is -3.04. The molecule has 1 heterocycles. The molecule has 6 heteroatoms. The lowest BCUT2D eigenvalue weighted by molar-refractivity contribution is -0.130. The zero-order chi connectivity index (χ0) is 26.8. The average molecular weight is 517 g/mol. The molecule has 2 aliphatic rings. The van der Waals surface area contributed by atoms with E-state index >= 15 is 0 Å². The first-order chi connectivity index (χ1) is 17.6. The number of methoxy groups -OCH3 is 1. The average Bonchev–Trinajstić information content (AvgIpc) is 2.83. The van der Waals surface area contributed by atoms with Gasteiger partial charge in [0.2, 0.25) is 5.91 Å². The Balaban J connectivity index is 1.82. The van der Waals surface area contributed by atoms with E-state index in [1.807, 2.05) is 23.1 Å². The molecule has 0 spiro atoms. The first-order valence-corrected chi connectivity index (χ1v) is 17.0. The number of ether oxygens (including phenoxy) is 1. The Labute approximate surface area is 222 Å². The van der Waals surface area contributed by atoms with Crippen LogP contribution in [0, 0.1) is 11.5 Å². The fourth-order valence-corrected chi connectivity index (χ4v) is 6.15. The summed E-state index contributed by atoms with van der Waals surface area (Å²) < 4.78 is 5.54. The van der Waals surface area contributed by atoms with Gasteiger partial charge in [-0.2, -0.15) is 0 Å². The van der Waals surface area contributed by atoms with Gasteiger partial charge in [0, 0.05) is 6.04 Å². The van der Waals surface area contributed by atoms with Crippen LogP contribution in [-0.2, 0) is 21.4 Å². The highest BCUT2D eigenvalue weighted by molar-refractivity contribution is 6.84. The van der Waals surface area contributed by atoms with Gasteiger partial charge in [-0.1, -0.05) is 76.2 Å². The van der Waals surface area contributed by atoms with Crippen LogP contribution in [0.15, 0.2) is 42.5 Å². The van der Waals surface area contributed by atoms with Crippen molar-refractivity contribution in [3.05, 3.63) is 64.7 Å². The van der Waals surface area contributed by atoms with Gasteiger partial charge in [0.05, 0.1) is 18.6 Å². The molecule has 5 nitrogen and oxygen atoms in total. The molecule has 196 valence electrons. The van der Waals surface area contributed by atoms with E-state index in [-0.39, 0.29) is 23.9 Å². The minimum atomic E-state index is -1.72. The van der Waals surface area contributed by atoms with Gasteiger partial charge in [-0.15, -0.1) is 5.54 Å². The summed E-state index contributed by atoms with van der Waals surface area (Å²) in [6.07, 6.45) is 6.42. The molecule has 37 heavy (non-hydrogen) atoms. The Bertz CT molecular complexity index is 1220. The predicted molar refractivity (Wildman–Crippen MR) is 151 cm³/mol. The van der Waals surface area contributed by atoms with Crippen LogP contribution >= 0.6 is 0 Å². The molecule has 1 saturated carbocycles. The van der Waals surface area contributed by atoms with Crippen LogP contribution in [0.25, 0.3) is 0 Å². The molecule has 2 amide bonds. The number of hydrogen-bond donors (Lipinski definition) is 1. The fraction of sp³-hybridized carbons (Fsp3) is 0.484. The molecule has 2 aromatic carbocycles. The lowest BCUT2D eigenvalue weighted by Crippen LogP contribution is -2.48. The summed E-state index contributed by atoms with van der Waals surface area (Å²) in [5.74, 6) is 3.51. The lowest BCUT2D eigenvalue weighted by Gasteiger charge is -2.43. The predicted octanol–water partition coefficient (Wildman–Crippen LogP) is 5.52. The Morgan fingerprint density at radius 1 is 1.14 bits per heavy atom. The molecule has 0 saturated heterocycles. The van der Waals surface area contributed by atoms with Crippen molar-refractivity contribution in [1.82, 2.24) is 4.90 Å². The number of hydrogen-bond acceptors (Lipinski definition) is 3. The van der Waals surface area contributed by atoms with Crippen molar-refractivity contribution in [3.63, 3.8) is 0 Å². The summed E-state index contributed by atoms with van der Waals surface area (Å²) in [4.78, 5) is 28.1. The molecule has 0 radical (unpaired) electrons. The number of primary amides is 1. The Kier molecular flexibility index (Phi) is 7.85. The van der Waals surface area contributed by atoms with Crippen molar-refractivity contribution >= 4 is 19.9 Å². The molecule has 1 aliphatic heterocycles. The number of fused-ring (bicyclic) bond motifs is 1. The van der Waals surface area contributed by atoms with Crippen LogP contribution < -0.4 is 10.5 Å². The highest BCUT2D eigenvalue weighted by Crippen LogP contribution is 2.45. The highest BCUT2D eigenvalue weighted by Gasteiger charge is 2.44. The van der Waals surface area contributed by atoms with Gasteiger partial charge < -0.3 is 15.4 Å². The minimum absolute atomic E-state index is 0.0521. The van der Waals surface area contributed by atoms with E-state index in [0.29, 0.717) is 0 Å². The molecule has 0 bridgehead atoms. The normalized spacial score (nSPS) is 20.2. The van der Waals surface area contributed by atoms with E-state index in [9.17, 15) is 9.59 Å². The smallest absolute Gasteiger partial charge is 0.298 e. The van der Waals surface area contributed by atoms with E-state index in [1.165, 1.54) is 5.56 Å². The van der Waals surface area contributed by atoms with Gasteiger partial charge in [0.15, 0.2) is 0 Å². The van der Waals surface area contributed by atoms with Gasteiger partial charge in [0.1, 0.15) is 13.8 Å². The van der Waals surface area contributed by atoms with E-state index in [4.69, 9.17) is 10.5 Å². The quantitative estimate of drug-likeness (QED) is 0.389. The molecular formula is C31H40N2O3Si. The van der Waals surface area contributed by atoms with Crippen LogP contribution in [0.1, 0.15) is 73.7 Å². The second kappa shape index (κ2) is 10.7. The van der Waals surface area contributed by atoms with Gasteiger partial charge in [-0.3, -0.25) is 9.59 Å². The largest absolute Gasteiger partial charge is 0.497 e. The number of amides is 2. The van der Waals surface area contributed by atoms with Crippen LogP contribution in [-0.4, -0.2) is 37.9 Å². The van der Waals surface area contributed by atoms with Crippen molar-refractivity contribution in [3.8, 4) is 17.2 Å². The molecular weight excluding hydrogens is 476 g/mol. The SMILES string of the molecule is CCCC[C@H]1Cc2cc(OC)ccc2[C@H](c2ccc(C3(C(N)=O)CCC3)cc2)N1C(=O)C#C[Si](C)(C)C. The van der Waals surface area contributed by atoms with Crippen LogP contribution in [0.3, 0.4) is 0 Å². The molecule has 4 rings (SSSR count). The molecule has 1 aliphatic carbocycles. The van der Waals surface area contributed by atoms with Crippen molar-refractivity contribution in [2.75, 3.05) is 7.11 Å². The zero-order valence-electron chi connectivity index (χ0n) is 22.9. The number of carbonyl (C=O) groups is 2. The van der Waals surface area contributed by atoms with Crippen LogP contribution in [0.2, 0.25) is 19.6 Å². The minimum Gasteiger partial charge on any atom is -0.497 e. The number of nitrogens with zero attached hydrogens (tertiary/aromatic N) is 1. The maximum absolute atomic E-state index is 13.8. The van der Waals surface area contributed by atoms with Crippen molar-refractivity contribution in [2.24, 2.45) is 5.73 Å². The number of benzene rings is 2. The molecule has 0 aromatic heterocycles. The number of unbranched alkanes of at least 4 members (excludes halogenated alkanes) is 1. The van der Waals surface area contributed by atoms with E-state index in [1.54, 1.807) is 7.11 Å². The van der Waals surface area contributed by atoms with Gasteiger partial charge >= 0.3 is 0 Å². The monoisotopic (exact) mass is 516 g/mol. The van der Waals surface area contributed by atoms with Gasteiger partial charge in [-0.25, -0.2) is 0 Å². The second-order valence-electron chi connectivity index (χ2n) is 11.6. The second-order valence-corrected chi connectivity index (χ2v) is 16.4. The van der Waals surface area contributed by atoms with Crippen molar-refractivity contribution < 1.29 is 14.3 Å². The maximum Gasteiger partial charge on any atom is 0.298 e. The summed E-state index contributed by atoms with van der Waals surface area (Å²) in [6, 6.07) is 14.2. The third-order valence-electron chi connectivity index (χ3n) is 7.90. The fourth-order valence-electron chi connectivity index (χ4n) is 5.67. The summed E-state index contributed by atoms with van der Waals surface area (Å²) >= 11 is 0. The topological polar surface area (TPSA) is 72.6 Å². The Morgan fingerprint density at radius 2 is 1.84 bits per heavy atom. The summed E-state index contributed by atoms with van der Waals surface area (Å²) in [5, 5.41) is 0. The first-order valence-electron chi connectivity index (χ1n) is 13.5. The summed E-state index contributed by atoms with van der Waals surface area (Å²) in [5.41, 5.74) is 12.9. The van der Waals surface area contributed by atoms with E-state index < -0.39 is 13.5 Å².